The maximum atomic E-state index is 5.52. The lowest BCUT2D eigenvalue weighted by molar-refractivity contribution is 0.171. The van der Waals surface area contributed by atoms with E-state index in [2.05, 4.69) is 39.1 Å². The Balaban J connectivity index is 1.65. The van der Waals surface area contributed by atoms with Gasteiger partial charge in [-0.3, -0.25) is 0 Å². The first-order chi connectivity index (χ1) is 12.7. The Morgan fingerprint density at radius 1 is 1.12 bits per heavy atom. The van der Waals surface area contributed by atoms with Gasteiger partial charge in [-0.15, -0.1) is 5.10 Å². The maximum absolute atomic E-state index is 5.52. The zero-order valence-electron chi connectivity index (χ0n) is 14.3. The highest BCUT2D eigenvalue weighted by atomic mass is 16.7. The average molecular weight is 348 g/mol. The van der Waals surface area contributed by atoms with Gasteiger partial charge in [0.15, 0.2) is 11.5 Å². The molecule has 2 aromatic heterocycles. The number of nitrogens with zero attached hydrogens (tertiary/aromatic N) is 4. The van der Waals surface area contributed by atoms with Crippen molar-refractivity contribution >= 4 is 10.9 Å². The molecule has 26 heavy (non-hydrogen) atoms. The van der Waals surface area contributed by atoms with Crippen LogP contribution < -0.4 is 14.2 Å². The van der Waals surface area contributed by atoms with E-state index in [1.807, 2.05) is 25.4 Å². The van der Waals surface area contributed by atoms with Gasteiger partial charge in [-0.05, 0) is 18.2 Å². The summed E-state index contributed by atoms with van der Waals surface area (Å²) in [7, 11) is 3.64. The SMILES string of the molecule is COc1cc(-n2nncc2-c2ccc3c(ccn3C)c2)cc2c1OCO2. The highest BCUT2D eigenvalue weighted by molar-refractivity contribution is 5.85. The molecule has 0 saturated carbocycles. The van der Waals surface area contributed by atoms with Crippen LogP contribution in [0.15, 0.2) is 48.8 Å². The van der Waals surface area contributed by atoms with Crippen LogP contribution in [0.1, 0.15) is 0 Å². The first-order valence-electron chi connectivity index (χ1n) is 8.19. The summed E-state index contributed by atoms with van der Waals surface area (Å²) >= 11 is 0. The van der Waals surface area contributed by atoms with Crippen molar-refractivity contribution in [3.05, 3.63) is 48.8 Å². The largest absolute Gasteiger partial charge is 0.493 e. The number of aryl methyl sites for hydroxylation is 1. The van der Waals surface area contributed by atoms with Crippen molar-refractivity contribution in [2.75, 3.05) is 13.9 Å². The van der Waals surface area contributed by atoms with Gasteiger partial charge in [0.1, 0.15) is 0 Å². The van der Waals surface area contributed by atoms with Gasteiger partial charge in [0.05, 0.1) is 24.7 Å². The standard InChI is InChI=1S/C19H16N4O3/c1-22-6-5-13-7-12(3-4-15(13)22)16-10-20-21-23(16)14-8-17(24-2)19-18(9-14)25-11-26-19/h3-10H,11H2,1-2H3. The van der Waals surface area contributed by atoms with Crippen LogP contribution >= 0.6 is 0 Å². The molecule has 0 atom stereocenters. The monoisotopic (exact) mass is 348 g/mol. The first kappa shape index (κ1) is 14.8. The Hall–Kier alpha value is -3.48. The number of rotatable bonds is 3. The number of methoxy groups -OCH3 is 1. The molecular weight excluding hydrogens is 332 g/mol. The molecule has 0 unspecified atom stereocenters. The molecular formula is C19H16N4O3. The van der Waals surface area contributed by atoms with Gasteiger partial charge in [0, 0.05) is 41.8 Å². The third-order valence-electron chi connectivity index (χ3n) is 4.62. The third kappa shape index (κ3) is 2.13. The number of ether oxygens (including phenoxy) is 3. The summed E-state index contributed by atoms with van der Waals surface area (Å²) in [6.45, 7) is 0.185. The molecule has 2 aromatic carbocycles. The van der Waals surface area contributed by atoms with Crippen LogP contribution in [0.25, 0.3) is 27.8 Å². The van der Waals surface area contributed by atoms with Gasteiger partial charge in [-0.1, -0.05) is 11.3 Å². The molecule has 7 nitrogen and oxygen atoms in total. The van der Waals surface area contributed by atoms with Crippen molar-refractivity contribution in [1.82, 2.24) is 19.6 Å². The van der Waals surface area contributed by atoms with Gasteiger partial charge in [-0.25, -0.2) is 4.68 Å². The highest BCUT2D eigenvalue weighted by Crippen LogP contribution is 2.43. The number of hydrogen-bond donors (Lipinski definition) is 0. The Morgan fingerprint density at radius 3 is 2.92 bits per heavy atom. The number of aromatic nitrogens is 4. The van der Waals surface area contributed by atoms with E-state index in [1.54, 1.807) is 18.0 Å². The van der Waals surface area contributed by atoms with Crippen LogP contribution in [0, 0.1) is 0 Å². The third-order valence-corrected chi connectivity index (χ3v) is 4.62. The Morgan fingerprint density at radius 2 is 2.04 bits per heavy atom. The fourth-order valence-electron chi connectivity index (χ4n) is 3.30. The van der Waals surface area contributed by atoms with Crippen LogP contribution in [0.2, 0.25) is 0 Å². The zero-order valence-corrected chi connectivity index (χ0v) is 14.3. The summed E-state index contributed by atoms with van der Waals surface area (Å²) < 4.78 is 20.3. The molecule has 0 N–H and O–H groups in total. The molecule has 5 rings (SSSR count). The summed E-state index contributed by atoms with van der Waals surface area (Å²) in [6, 6.07) is 12.1. The summed E-state index contributed by atoms with van der Waals surface area (Å²) in [5.74, 6) is 1.86. The fourth-order valence-corrected chi connectivity index (χ4v) is 3.30. The van der Waals surface area contributed by atoms with Crippen LogP contribution in [0.3, 0.4) is 0 Å². The molecule has 0 bridgehead atoms. The summed E-state index contributed by atoms with van der Waals surface area (Å²) in [6.07, 6.45) is 3.80. The van der Waals surface area contributed by atoms with E-state index >= 15 is 0 Å². The van der Waals surface area contributed by atoms with Gasteiger partial charge >= 0.3 is 0 Å². The van der Waals surface area contributed by atoms with Crippen LogP contribution in [0.4, 0.5) is 0 Å². The lowest BCUT2D eigenvalue weighted by Gasteiger charge is -2.10. The molecule has 0 fully saturated rings. The van der Waals surface area contributed by atoms with Crippen molar-refractivity contribution in [2.24, 2.45) is 7.05 Å². The van der Waals surface area contributed by atoms with E-state index in [0.717, 1.165) is 16.9 Å². The van der Waals surface area contributed by atoms with E-state index in [0.29, 0.717) is 17.2 Å². The molecule has 0 aliphatic carbocycles. The maximum Gasteiger partial charge on any atom is 0.231 e. The number of fused-ring (bicyclic) bond motifs is 2. The molecule has 0 saturated heterocycles. The fraction of sp³-hybridized carbons (Fsp3) is 0.158. The lowest BCUT2D eigenvalue weighted by Crippen LogP contribution is -2.00. The summed E-state index contributed by atoms with van der Waals surface area (Å²) in [5, 5.41) is 9.53. The first-order valence-corrected chi connectivity index (χ1v) is 8.19. The second-order valence-electron chi connectivity index (χ2n) is 6.11. The minimum Gasteiger partial charge on any atom is -0.493 e. The van der Waals surface area contributed by atoms with Gasteiger partial charge in [0.25, 0.3) is 0 Å². The molecule has 0 spiro atoms. The normalized spacial score (nSPS) is 12.7. The molecule has 1 aliphatic rings. The zero-order chi connectivity index (χ0) is 17.7. The number of hydrogen-bond acceptors (Lipinski definition) is 5. The van der Waals surface area contributed by atoms with Crippen molar-refractivity contribution < 1.29 is 14.2 Å². The second-order valence-corrected chi connectivity index (χ2v) is 6.11. The van der Waals surface area contributed by atoms with Crippen LogP contribution in [0.5, 0.6) is 17.2 Å². The van der Waals surface area contributed by atoms with Gasteiger partial charge in [0.2, 0.25) is 12.5 Å². The summed E-state index contributed by atoms with van der Waals surface area (Å²) in [4.78, 5) is 0. The molecule has 130 valence electrons. The molecule has 0 amide bonds. The predicted octanol–water partition coefficient (Wildman–Crippen LogP) is 3.16. The number of benzene rings is 2. The molecule has 4 aromatic rings. The summed E-state index contributed by atoms with van der Waals surface area (Å²) in [5.41, 5.74) is 3.89. The van der Waals surface area contributed by atoms with Crippen LogP contribution in [-0.4, -0.2) is 33.5 Å². The molecule has 3 heterocycles. The van der Waals surface area contributed by atoms with E-state index in [1.165, 1.54) is 10.9 Å². The topological polar surface area (TPSA) is 63.3 Å². The van der Waals surface area contributed by atoms with Crippen molar-refractivity contribution in [3.8, 4) is 34.2 Å². The highest BCUT2D eigenvalue weighted by Gasteiger charge is 2.22. The minimum absolute atomic E-state index is 0.185. The van der Waals surface area contributed by atoms with E-state index < -0.39 is 0 Å². The van der Waals surface area contributed by atoms with Crippen molar-refractivity contribution in [2.45, 2.75) is 0 Å². The van der Waals surface area contributed by atoms with E-state index in [4.69, 9.17) is 14.2 Å². The Kier molecular flexibility index (Phi) is 3.15. The van der Waals surface area contributed by atoms with Crippen molar-refractivity contribution in [1.29, 1.82) is 0 Å². The van der Waals surface area contributed by atoms with E-state index in [9.17, 15) is 0 Å². The van der Waals surface area contributed by atoms with Crippen LogP contribution in [-0.2, 0) is 7.05 Å². The van der Waals surface area contributed by atoms with Gasteiger partial charge < -0.3 is 18.8 Å². The smallest absolute Gasteiger partial charge is 0.231 e. The average Bonchev–Trinajstić information content (AvgIpc) is 3.40. The quantitative estimate of drug-likeness (QED) is 0.569. The van der Waals surface area contributed by atoms with Gasteiger partial charge in [-0.2, -0.15) is 0 Å². The minimum atomic E-state index is 0.185. The lowest BCUT2D eigenvalue weighted by atomic mass is 10.1. The molecule has 1 aliphatic heterocycles. The molecule has 0 radical (unpaired) electrons. The van der Waals surface area contributed by atoms with Crippen molar-refractivity contribution in [3.63, 3.8) is 0 Å². The second kappa shape index (κ2) is 5.52. The Bertz CT molecular complexity index is 1130. The van der Waals surface area contributed by atoms with E-state index in [-0.39, 0.29) is 6.79 Å². The Labute approximate surface area is 149 Å². The molecule has 7 heteroatoms. The predicted molar refractivity (Wildman–Crippen MR) is 95.9 cm³/mol.